The molecule has 0 aromatic heterocycles. The molecule has 2 nitrogen and oxygen atoms in total. The molecule has 5 heteroatoms. The molecular weight excluding hydrogens is 509 g/mol. The molecule has 0 fully saturated rings. The highest BCUT2D eigenvalue weighted by molar-refractivity contribution is 7.96. The maximum absolute atomic E-state index is 14.4. The number of hydrogen-bond acceptors (Lipinski definition) is 1. The highest BCUT2D eigenvalue weighted by Crippen LogP contribution is 2.49. The van der Waals surface area contributed by atoms with Gasteiger partial charge in [0, 0.05) is 17.5 Å². The van der Waals surface area contributed by atoms with Crippen molar-refractivity contribution < 1.29 is 18.7 Å². The monoisotopic (exact) mass is 536 g/mol. The van der Waals surface area contributed by atoms with E-state index in [1.54, 1.807) is 12.1 Å². The molecular formula is C34H27F2O2P. The topological polar surface area (TPSA) is 37.3 Å². The Hall–Kier alpha value is -4.27. The van der Waals surface area contributed by atoms with Crippen LogP contribution in [0.15, 0.2) is 133 Å². The molecule has 1 unspecified atom stereocenters. The number of rotatable bonds is 7. The van der Waals surface area contributed by atoms with Crippen LogP contribution in [0.4, 0.5) is 8.78 Å². The first-order chi connectivity index (χ1) is 18.9. The summed E-state index contributed by atoms with van der Waals surface area (Å²) in [5, 5.41) is 14.2. The highest BCUT2D eigenvalue weighted by Gasteiger charge is 2.36. The zero-order valence-electron chi connectivity index (χ0n) is 21.3. The molecule has 0 bridgehead atoms. The molecule has 0 spiro atoms. The lowest BCUT2D eigenvalue weighted by atomic mass is 9.95. The predicted octanol–water partition coefficient (Wildman–Crippen LogP) is 6.99. The summed E-state index contributed by atoms with van der Waals surface area (Å²) in [4.78, 5) is 13.4. The summed E-state index contributed by atoms with van der Waals surface area (Å²) in [6, 6.07) is 40.3. The first-order valence-electron chi connectivity index (χ1n) is 12.6. The Bertz CT molecular complexity index is 1550. The largest absolute Gasteiger partial charge is 0.478 e. The van der Waals surface area contributed by atoms with Crippen LogP contribution in [0, 0.1) is 11.6 Å². The van der Waals surface area contributed by atoms with Crippen LogP contribution in [-0.4, -0.2) is 16.4 Å². The number of aliphatic carboxylic acids is 1. The zero-order chi connectivity index (χ0) is 27.4. The fourth-order valence-corrected chi connectivity index (χ4v) is 9.88. The molecule has 0 aliphatic heterocycles. The van der Waals surface area contributed by atoms with Crippen molar-refractivity contribution in [1.29, 1.82) is 0 Å². The lowest BCUT2D eigenvalue weighted by Gasteiger charge is -2.33. The van der Waals surface area contributed by atoms with Gasteiger partial charge in [-0.2, -0.15) is 0 Å². The average Bonchev–Trinajstić information content (AvgIpc) is 2.97. The van der Waals surface area contributed by atoms with Gasteiger partial charge in [0.15, 0.2) is 0 Å². The lowest BCUT2D eigenvalue weighted by molar-refractivity contribution is -0.129. The minimum atomic E-state index is -2.81. The third-order valence-corrected chi connectivity index (χ3v) is 11.6. The molecule has 39 heavy (non-hydrogen) atoms. The Morgan fingerprint density at radius 2 is 1.13 bits per heavy atom. The Kier molecular flexibility index (Phi) is 7.58. The van der Waals surface area contributed by atoms with Gasteiger partial charge in [-0.25, -0.2) is 13.6 Å². The van der Waals surface area contributed by atoms with Crippen LogP contribution in [0.3, 0.4) is 0 Å². The number of carboxylic acids is 1. The van der Waals surface area contributed by atoms with Gasteiger partial charge < -0.3 is 5.11 Å². The number of benzene rings is 5. The SMILES string of the molecule is CC(C(C(=O)O)=P(c1ccccc1)(c1ccccc1)c1ccccc1)c1ccc(-c2ccc(F)cc2F)cc1. The van der Waals surface area contributed by atoms with Gasteiger partial charge in [-0.1, -0.05) is 122 Å². The van der Waals surface area contributed by atoms with E-state index in [-0.39, 0.29) is 5.56 Å². The zero-order valence-corrected chi connectivity index (χ0v) is 22.2. The standard InChI is InChI=1S/C34H27F2O2P/c1-24(25-17-19-26(20-18-25)31-22-21-27(35)23-32(31)36)33(34(37)38)39(28-11-5-2-6-12-28,29-13-7-3-8-14-29)30-15-9-4-10-16-30/h2-24H,1H3,(H,37,38). The molecule has 0 radical (unpaired) electrons. The number of halogens is 2. The summed E-state index contributed by atoms with van der Waals surface area (Å²) >= 11 is 0. The molecule has 5 aromatic carbocycles. The van der Waals surface area contributed by atoms with Crippen LogP contribution in [-0.2, 0) is 4.79 Å². The molecule has 1 atom stereocenters. The van der Waals surface area contributed by atoms with E-state index in [9.17, 15) is 18.7 Å². The van der Waals surface area contributed by atoms with Crippen molar-refractivity contribution >= 4 is 34.1 Å². The van der Waals surface area contributed by atoms with E-state index in [1.807, 2.05) is 110 Å². The average molecular weight is 537 g/mol. The van der Waals surface area contributed by atoms with Gasteiger partial charge in [0.25, 0.3) is 0 Å². The van der Waals surface area contributed by atoms with Crippen molar-refractivity contribution in [2.24, 2.45) is 0 Å². The molecule has 0 saturated heterocycles. The summed E-state index contributed by atoms with van der Waals surface area (Å²) < 4.78 is 27.9. The molecule has 5 aromatic rings. The van der Waals surface area contributed by atoms with Gasteiger partial charge in [-0.15, -0.1) is 0 Å². The van der Waals surface area contributed by atoms with Crippen molar-refractivity contribution in [3.05, 3.63) is 151 Å². The van der Waals surface area contributed by atoms with Crippen LogP contribution >= 0.6 is 6.89 Å². The minimum absolute atomic E-state index is 0.290. The van der Waals surface area contributed by atoms with Crippen LogP contribution in [0.25, 0.3) is 11.1 Å². The van der Waals surface area contributed by atoms with Crippen LogP contribution < -0.4 is 15.9 Å². The van der Waals surface area contributed by atoms with Gasteiger partial charge in [-0.05, 0) is 46.1 Å². The van der Waals surface area contributed by atoms with Crippen molar-refractivity contribution in [1.82, 2.24) is 0 Å². The summed E-state index contributed by atoms with van der Waals surface area (Å²) in [6.07, 6.45) is 0. The number of hydrogen-bond donors (Lipinski definition) is 1. The van der Waals surface area contributed by atoms with Gasteiger partial charge >= 0.3 is 5.97 Å². The lowest BCUT2D eigenvalue weighted by Crippen LogP contribution is -2.35. The van der Waals surface area contributed by atoms with E-state index in [2.05, 4.69) is 0 Å². The smallest absolute Gasteiger partial charge is 0.333 e. The normalized spacial score (nSPS) is 12.1. The van der Waals surface area contributed by atoms with E-state index in [0.29, 0.717) is 10.9 Å². The Morgan fingerprint density at radius 3 is 1.54 bits per heavy atom. The highest BCUT2D eigenvalue weighted by atomic mass is 31.2. The first-order valence-corrected chi connectivity index (χ1v) is 14.4. The third-order valence-electron chi connectivity index (χ3n) is 7.07. The Morgan fingerprint density at radius 1 is 0.667 bits per heavy atom. The Labute approximate surface area is 227 Å². The van der Waals surface area contributed by atoms with Gasteiger partial charge in [0.1, 0.15) is 11.6 Å². The number of carboxylic acid groups (broad SMARTS) is 1. The second-order valence-corrected chi connectivity index (χ2v) is 12.7. The molecule has 0 amide bonds. The van der Waals surface area contributed by atoms with Gasteiger partial charge in [0.2, 0.25) is 0 Å². The molecule has 0 aliphatic rings. The second kappa shape index (κ2) is 11.2. The van der Waals surface area contributed by atoms with Crippen LogP contribution in [0.5, 0.6) is 0 Å². The van der Waals surface area contributed by atoms with Crippen molar-refractivity contribution in [2.75, 3.05) is 0 Å². The van der Waals surface area contributed by atoms with E-state index in [1.165, 1.54) is 12.1 Å². The quantitative estimate of drug-likeness (QED) is 0.228. The fraction of sp³-hybridized carbons (Fsp3) is 0.0588. The number of carbonyl (C=O) groups is 1. The van der Waals surface area contributed by atoms with Crippen LogP contribution in [0.2, 0.25) is 0 Å². The summed E-state index contributed by atoms with van der Waals surface area (Å²) in [6.45, 7) is -0.892. The molecule has 194 valence electrons. The molecule has 5 rings (SSSR count). The van der Waals surface area contributed by atoms with E-state index < -0.39 is 30.4 Å². The van der Waals surface area contributed by atoms with Crippen molar-refractivity contribution in [3.8, 4) is 11.1 Å². The third kappa shape index (κ3) is 4.96. The molecule has 0 saturated carbocycles. The second-order valence-electron chi connectivity index (χ2n) is 9.34. The summed E-state index contributed by atoms with van der Waals surface area (Å²) in [5.41, 5.74) is 1.68. The Balaban J connectivity index is 1.79. The van der Waals surface area contributed by atoms with E-state index in [4.69, 9.17) is 0 Å². The molecule has 1 N–H and O–H groups in total. The van der Waals surface area contributed by atoms with E-state index in [0.717, 1.165) is 27.5 Å². The minimum Gasteiger partial charge on any atom is -0.478 e. The van der Waals surface area contributed by atoms with Crippen molar-refractivity contribution in [3.63, 3.8) is 0 Å². The predicted molar refractivity (Wildman–Crippen MR) is 158 cm³/mol. The molecule has 0 heterocycles. The summed E-state index contributed by atoms with van der Waals surface area (Å²) in [5.74, 6) is -2.70. The van der Waals surface area contributed by atoms with Gasteiger partial charge in [-0.3, -0.25) is 0 Å². The fourth-order valence-electron chi connectivity index (χ4n) is 5.27. The van der Waals surface area contributed by atoms with Crippen LogP contribution in [0.1, 0.15) is 18.4 Å². The summed E-state index contributed by atoms with van der Waals surface area (Å²) in [7, 11) is 0. The van der Waals surface area contributed by atoms with E-state index >= 15 is 0 Å². The maximum Gasteiger partial charge on any atom is 0.333 e. The van der Waals surface area contributed by atoms with Gasteiger partial charge in [0.05, 0.1) is 5.29 Å². The first kappa shape index (κ1) is 26.3. The molecule has 0 aliphatic carbocycles. The van der Waals surface area contributed by atoms with Crippen molar-refractivity contribution in [2.45, 2.75) is 12.8 Å². The maximum atomic E-state index is 14.4.